The van der Waals surface area contributed by atoms with E-state index in [1.807, 2.05) is 20.8 Å². The lowest BCUT2D eigenvalue weighted by Gasteiger charge is -2.23. The fourth-order valence-corrected chi connectivity index (χ4v) is 1.40. The molecule has 1 heterocycles. The van der Waals surface area contributed by atoms with Gasteiger partial charge in [-0.2, -0.15) is 0 Å². The molecule has 0 aliphatic rings. The number of amides is 2. The Morgan fingerprint density at radius 3 is 2.30 bits per heavy atom. The number of carbonyl (C=O) groups is 2. The van der Waals surface area contributed by atoms with Gasteiger partial charge in [-0.05, 0) is 39.8 Å². The van der Waals surface area contributed by atoms with E-state index >= 15 is 0 Å². The quantitative estimate of drug-likeness (QED) is 0.748. The Morgan fingerprint density at radius 1 is 1.20 bits per heavy atom. The maximum Gasteiger partial charge on any atom is 0.272 e. The van der Waals surface area contributed by atoms with Crippen LogP contribution in [0.25, 0.3) is 0 Å². The molecule has 1 aromatic heterocycles. The van der Waals surface area contributed by atoms with Crippen molar-refractivity contribution in [3.63, 3.8) is 0 Å². The molecule has 1 unspecified atom stereocenters. The number of carbonyl (C=O) groups excluding carboxylic acids is 2. The van der Waals surface area contributed by atoms with E-state index < -0.39 is 11.9 Å². The third kappa shape index (κ3) is 4.83. The molecule has 0 aromatic carbocycles. The van der Waals surface area contributed by atoms with Crippen LogP contribution in [0.5, 0.6) is 0 Å². The monoisotopic (exact) mass is 279 g/mol. The average Bonchev–Trinajstić information content (AvgIpc) is 2.36. The summed E-state index contributed by atoms with van der Waals surface area (Å²) in [5.41, 5.74) is -0.177. The second kappa shape index (κ2) is 6.31. The van der Waals surface area contributed by atoms with E-state index in [1.54, 1.807) is 26.1 Å². The Hall–Kier alpha value is -2.18. The predicted molar refractivity (Wildman–Crippen MR) is 76.4 cm³/mol. The zero-order valence-electron chi connectivity index (χ0n) is 12.4. The lowest BCUT2D eigenvalue weighted by molar-refractivity contribution is -0.124. The van der Waals surface area contributed by atoms with Gasteiger partial charge < -0.3 is 16.0 Å². The van der Waals surface area contributed by atoms with E-state index in [2.05, 4.69) is 26.1 Å². The SMILES string of the molecule is CNc1ccc(C(=O)NC(C)C(=O)NC(C)(C)C)nn1. The molecule has 0 aliphatic heterocycles. The molecule has 3 N–H and O–H groups in total. The molecular formula is C13H21N5O2. The standard InChI is InChI=1S/C13H21N5O2/c1-8(11(19)16-13(2,3)4)15-12(20)9-6-7-10(14-5)18-17-9/h6-8H,1-5H3,(H,14,18)(H,15,20)(H,16,19). The molecule has 0 aliphatic carbocycles. The molecule has 0 spiro atoms. The van der Waals surface area contributed by atoms with Crippen LogP contribution in [0.4, 0.5) is 5.82 Å². The lowest BCUT2D eigenvalue weighted by Crippen LogP contribution is -2.50. The fraction of sp³-hybridized carbons (Fsp3) is 0.538. The van der Waals surface area contributed by atoms with Gasteiger partial charge in [-0.1, -0.05) is 0 Å². The second-order valence-corrected chi connectivity index (χ2v) is 5.49. The predicted octanol–water partition coefficient (Wildman–Crippen LogP) is 0.551. The Balaban J connectivity index is 2.62. The molecule has 0 radical (unpaired) electrons. The van der Waals surface area contributed by atoms with Gasteiger partial charge in [0, 0.05) is 12.6 Å². The van der Waals surface area contributed by atoms with E-state index in [-0.39, 0.29) is 17.1 Å². The van der Waals surface area contributed by atoms with Gasteiger partial charge in [0.25, 0.3) is 5.91 Å². The molecule has 7 nitrogen and oxygen atoms in total. The number of hydrogen-bond acceptors (Lipinski definition) is 5. The zero-order valence-corrected chi connectivity index (χ0v) is 12.4. The van der Waals surface area contributed by atoms with Crippen molar-refractivity contribution in [2.75, 3.05) is 12.4 Å². The van der Waals surface area contributed by atoms with Crippen LogP contribution >= 0.6 is 0 Å². The number of aromatic nitrogens is 2. The third-order valence-electron chi connectivity index (χ3n) is 2.39. The van der Waals surface area contributed by atoms with Crippen molar-refractivity contribution < 1.29 is 9.59 Å². The lowest BCUT2D eigenvalue weighted by atomic mass is 10.1. The number of nitrogens with zero attached hydrogens (tertiary/aromatic N) is 2. The van der Waals surface area contributed by atoms with Crippen molar-refractivity contribution in [2.24, 2.45) is 0 Å². The van der Waals surface area contributed by atoms with Gasteiger partial charge in [0.2, 0.25) is 5.91 Å². The number of anilines is 1. The summed E-state index contributed by atoms with van der Waals surface area (Å²) < 4.78 is 0. The smallest absolute Gasteiger partial charge is 0.272 e. The van der Waals surface area contributed by atoms with Crippen LogP contribution in [0.1, 0.15) is 38.2 Å². The maximum absolute atomic E-state index is 11.9. The normalized spacial score (nSPS) is 12.4. The first-order valence-electron chi connectivity index (χ1n) is 6.37. The Labute approximate surface area is 118 Å². The molecule has 0 bridgehead atoms. The molecule has 1 rings (SSSR count). The van der Waals surface area contributed by atoms with Gasteiger partial charge in [-0.15, -0.1) is 10.2 Å². The largest absolute Gasteiger partial charge is 0.372 e. The molecule has 110 valence electrons. The van der Waals surface area contributed by atoms with Crippen molar-refractivity contribution in [1.29, 1.82) is 0 Å². The highest BCUT2D eigenvalue weighted by molar-refractivity contribution is 5.96. The van der Waals surface area contributed by atoms with Crippen LogP contribution in [-0.4, -0.2) is 40.6 Å². The van der Waals surface area contributed by atoms with Gasteiger partial charge in [0.1, 0.15) is 11.9 Å². The van der Waals surface area contributed by atoms with E-state index in [9.17, 15) is 9.59 Å². The van der Waals surface area contributed by atoms with Crippen molar-refractivity contribution >= 4 is 17.6 Å². The zero-order chi connectivity index (χ0) is 15.3. The van der Waals surface area contributed by atoms with Gasteiger partial charge >= 0.3 is 0 Å². The topological polar surface area (TPSA) is 96.0 Å². The first kappa shape index (κ1) is 15.9. The highest BCUT2D eigenvalue weighted by Gasteiger charge is 2.21. The van der Waals surface area contributed by atoms with Crippen LogP contribution in [0.15, 0.2) is 12.1 Å². The Morgan fingerprint density at radius 2 is 1.85 bits per heavy atom. The van der Waals surface area contributed by atoms with Crippen molar-refractivity contribution in [2.45, 2.75) is 39.3 Å². The molecule has 0 saturated heterocycles. The van der Waals surface area contributed by atoms with Gasteiger partial charge in [0.05, 0.1) is 0 Å². The maximum atomic E-state index is 11.9. The number of rotatable bonds is 4. The molecule has 1 aromatic rings. The Bertz CT molecular complexity index is 479. The summed E-state index contributed by atoms with van der Waals surface area (Å²) in [6.45, 7) is 7.25. The van der Waals surface area contributed by atoms with Crippen LogP contribution in [0, 0.1) is 0 Å². The first-order valence-corrected chi connectivity index (χ1v) is 6.37. The van der Waals surface area contributed by atoms with Gasteiger partial charge in [0.15, 0.2) is 5.69 Å². The molecule has 0 saturated carbocycles. The van der Waals surface area contributed by atoms with Gasteiger partial charge in [-0.3, -0.25) is 9.59 Å². The van der Waals surface area contributed by atoms with E-state index in [0.29, 0.717) is 5.82 Å². The summed E-state index contributed by atoms with van der Waals surface area (Å²) in [4.78, 5) is 23.8. The first-order chi connectivity index (χ1) is 9.23. The van der Waals surface area contributed by atoms with Crippen LogP contribution in [0.3, 0.4) is 0 Å². The number of hydrogen-bond donors (Lipinski definition) is 3. The average molecular weight is 279 g/mol. The van der Waals surface area contributed by atoms with Crippen LogP contribution in [-0.2, 0) is 4.79 Å². The van der Waals surface area contributed by atoms with Crippen LogP contribution in [0.2, 0.25) is 0 Å². The summed E-state index contributed by atoms with van der Waals surface area (Å²) >= 11 is 0. The molecule has 2 amide bonds. The second-order valence-electron chi connectivity index (χ2n) is 5.49. The molecular weight excluding hydrogens is 258 g/mol. The van der Waals surface area contributed by atoms with Crippen molar-refractivity contribution in [1.82, 2.24) is 20.8 Å². The van der Waals surface area contributed by atoms with Gasteiger partial charge in [-0.25, -0.2) is 0 Å². The summed E-state index contributed by atoms with van der Waals surface area (Å²) in [7, 11) is 1.71. The Kier molecular flexibility index (Phi) is 5.01. The highest BCUT2D eigenvalue weighted by atomic mass is 16.2. The molecule has 7 heteroatoms. The van der Waals surface area contributed by atoms with Crippen molar-refractivity contribution in [3.8, 4) is 0 Å². The summed E-state index contributed by atoms with van der Waals surface area (Å²) in [6.07, 6.45) is 0. The van der Waals surface area contributed by atoms with Crippen molar-refractivity contribution in [3.05, 3.63) is 17.8 Å². The number of nitrogens with one attached hydrogen (secondary N) is 3. The summed E-state index contributed by atoms with van der Waals surface area (Å²) in [5, 5.41) is 15.8. The minimum Gasteiger partial charge on any atom is -0.372 e. The minimum atomic E-state index is -0.646. The summed E-state index contributed by atoms with van der Waals surface area (Å²) in [5.74, 6) is -0.109. The highest BCUT2D eigenvalue weighted by Crippen LogP contribution is 2.02. The molecule has 0 fully saturated rings. The fourth-order valence-electron chi connectivity index (χ4n) is 1.40. The third-order valence-corrected chi connectivity index (χ3v) is 2.39. The summed E-state index contributed by atoms with van der Waals surface area (Å²) in [6, 6.07) is 2.54. The molecule has 20 heavy (non-hydrogen) atoms. The van der Waals surface area contributed by atoms with E-state index in [4.69, 9.17) is 0 Å². The van der Waals surface area contributed by atoms with E-state index in [1.165, 1.54) is 0 Å². The molecule has 1 atom stereocenters. The van der Waals surface area contributed by atoms with E-state index in [0.717, 1.165) is 0 Å². The van der Waals surface area contributed by atoms with Crippen LogP contribution < -0.4 is 16.0 Å². The minimum absolute atomic E-state index is 0.166.